The molecule has 1 rings (SSSR count). The summed E-state index contributed by atoms with van der Waals surface area (Å²) in [7, 11) is 1.52. The number of benzene rings is 1. The lowest BCUT2D eigenvalue weighted by Gasteiger charge is -2.13. The van der Waals surface area contributed by atoms with Gasteiger partial charge in [0.25, 0.3) is 0 Å². The molecule has 16 heavy (non-hydrogen) atoms. The lowest BCUT2D eigenvalue weighted by Crippen LogP contribution is -2.39. The Morgan fingerprint density at radius 3 is 2.81 bits per heavy atom. The minimum absolute atomic E-state index is 0.219. The molecular weight excluding hydrogens is 204 g/mol. The highest BCUT2D eigenvalue weighted by atomic mass is 16.5. The minimum Gasteiger partial charge on any atom is -0.383 e. The van der Waals surface area contributed by atoms with Crippen LogP contribution in [0.3, 0.4) is 0 Å². The average Bonchev–Trinajstić information content (AvgIpc) is 2.23. The van der Waals surface area contributed by atoms with E-state index in [1.54, 1.807) is 0 Å². The fraction of sp³-hybridized carbons (Fsp3) is 0.417. The highest BCUT2D eigenvalue weighted by molar-refractivity contribution is 5.95. The van der Waals surface area contributed by atoms with E-state index in [0.717, 1.165) is 16.8 Å². The first-order valence-corrected chi connectivity index (χ1v) is 5.17. The number of hydrogen-bond donors (Lipinski definition) is 2. The van der Waals surface area contributed by atoms with Gasteiger partial charge in [-0.15, -0.1) is 0 Å². The van der Waals surface area contributed by atoms with Gasteiger partial charge in [-0.05, 0) is 31.0 Å². The first-order chi connectivity index (χ1) is 7.54. The zero-order valence-electron chi connectivity index (χ0n) is 9.91. The van der Waals surface area contributed by atoms with Crippen molar-refractivity contribution in [2.24, 2.45) is 5.73 Å². The number of ether oxygens (including phenoxy) is 1. The third kappa shape index (κ3) is 3.32. The van der Waals surface area contributed by atoms with Crippen LogP contribution in [0.15, 0.2) is 18.2 Å². The molecule has 0 saturated carbocycles. The molecule has 0 spiro atoms. The first-order valence-electron chi connectivity index (χ1n) is 5.17. The number of nitrogens with one attached hydrogen (secondary N) is 1. The number of rotatable bonds is 4. The molecule has 0 aliphatic carbocycles. The zero-order chi connectivity index (χ0) is 12.1. The van der Waals surface area contributed by atoms with Gasteiger partial charge in [0, 0.05) is 12.8 Å². The molecule has 0 aliphatic heterocycles. The molecule has 0 radical (unpaired) electrons. The van der Waals surface area contributed by atoms with Crippen LogP contribution >= 0.6 is 0 Å². The smallest absolute Gasteiger partial charge is 0.243 e. The third-order valence-electron chi connectivity index (χ3n) is 2.33. The van der Waals surface area contributed by atoms with Crippen LogP contribution in [0, 0.1) is 13.8 Å². The van der Waals surface area contributed by atoms with Crippen LogP contribution in [0.25, 0.3) is 0 Å². The molecular formula is C12H18N2O2. The average molecular weight is 222 g/mol. The molecule has 88 valence electrons. The Balaban J connectivity index is 2.72. The van der Waals surface area contributed by atoms with Crippen molar-refractivity contribution >= 4 is 11.6 Å². The SMILES string of the molecule is COCC(N)C(=O)Nc1cc(C)ccc1C. The van der Waals surface area contributed by atoms with Gasteiger partial charge in [-0.3, -0.25) is 4.79 Å². The van der Waals surface area contributed by atoms with E-state index in [0.29, 0.717) is 0 Å². The molecule has 4 nitrogen and oxygen atoms in total. The van der Waals surface area contributed by atoms with Gasteiger partial charge in [-0.2, -0.15) is 0 Å². The normalized spacial score (nSPS) is 12.2. The predicted octanol–water partition coefficient (Wildman–Crippen LogP) is 1.22. The maximum atomic E-state index is 11.6. The van der Waals surface area contributed by atoms with Crippen LogP contribution in [0.2, 0.25) is 0 Å². The standard InChI is InChI=1S/C12H18N2O2/c1-8-4-5-9(2)11(6-8)14-12(15)10(13)7-16-3/h4-6,10H,7,13H2,1-3H3,(H,14,15). The van der Waals surface area contributed by atoms with Crippen LogP contribution < -0.4 is 11.1 Å². The molecule has 1 amide bonds. The van der Waals surface area contributed by atoms with E-state index in [-0.39, 0.29) is 12.5 Å². The van der Waals surface area contributed by atoms with Crippen LogP contribution in [0.4, 0.5) is 5.69 Å². The third-order valence-corrected chi connectivity index (χ3v) is 2.33. The molecule has 1 aromatic rings. The molecule has 0 saturated heterocycles. The van der Waals surface area contributed by atoms with Gasteiger partial charge in [0.05, 0.1) is 6.61 Å². The van der Waals surface area contributed by atoms with Crippen molar-refractivity contribution in [3.8, 4) is 0 Å². The topological polar surface area (TPSA) is 64.3 Å². The van der Waals surface area contributed by atoms with Crippen LogP contribution in [-0.2, 0) is 9.53 Å². The number of hydrogen-bond acceptors (Lipinski definition) is 3. The van der Waals surface area contributed by atoms with Crippen molar-refractivity contribution in [1.82, 2.24) is 0 Å². The van der Waals surface area contributed by atoms with Crippen molar-refractivity contribution < 1.29 is 9.53 Å². The van der Waals surface area contributed by atoms with Gasteiger partial charge in [-0.1, -0.05) is 12.1 Å². The fourth-order valence-electron chi connectivity index (χ4n) is 1.35. The number of anilines is 1. The van der Waals surface area contributed by atoms with Gasteiger partial charge in [-0.25, -0.2) is 0 Å². The summed E-state index contributed by atoms with van der Waals surface area (Å²) in [4.78, 5) is 11.6. The van der Waals surface area contributed by atoms with E-state index in [9.17, 15) is 4.79 Å². The summed E-state index contributed by atoms with van der Waals surface area (Å²) in [5.41, 5.74) is 8.54. The number of carbonyl (C=O) groups is 1. The molecule has 4 heteroatoms. The molecule has 0 bridgehead atoms. The number of methoxy groups -OCH3 is 1. The lowest BCUT2D eigenvalue weighted by atomic mass is 10.1. The van der Waals surface area contributed by atoms with Gasteiger partial charge in [0.2, 0.25) is 5.91 Å². The predicted molar refractivity (Wildman–Crippen MR) is 64.4 cm³/mol. The molecule has 0 aliphatic rings. The van der Waals surface area contributed by atoms with Crippen molar-refractivity contribution in [3.05, 3.63) is 29.3 Å². The molecule has 0 heterocycles. The van der Waals surface area contributed by atoms with Crippen LogP contribution in [-0.4, -0.2) is 25.7 Å². The maximum absolute atomic E-state index is 11.6. The van der Waals surface area contributed by atoms with E-state index in [1.165, 1.54) is 7.11 Å². The lowest BCUT2D eigenvalue weighted by molar-refractivity contribution is -0.118. The summed E-state index contributed by atoms with van der Waals surface area (Å²) in [6.07, 6.45) is 0. The number of aryl methyl sites for hydroxylation is 2. The fourth-order valence-corrected chi connectivity index (χ4v) is 1.35. The monoisotopic (exact) mass is 222 g/mol. The van der Waals surface area contributed by atoms with E-state index in [4.69, 9.17) is 10.5 Å². The van der Waals surface area contributed by atoms with E-state index in [2.05, 4.69) is 5.32 Å². The van der Waals surface area contributed by atoms with Gasteiger partial charge < -0.3 is 15.8 Å². The van der Waals surface area contributed by atoms with Gasteiger partial charge >= 0.3 is 0 Å². The Kier molecular flexibility index (Phi) is 4.46. The molecule has 0 aromatic heterocycles. The van der Waals surface area contributed by atoms with Crippen molar-refractivity contribution in [2.45, 2.75) is 19.9 Å². The maximum Gasteiger partial charge on any atom is 0.243 e. The van der Waals surface area contributed by atoms with E-state index >= 15 is 0 Å². The van der Waals surface area contributed by atoms with Crippen molar-refractivity contribution in [1.29, 1.82) is 0 Å². The molecule has 1 aromatic carbocycles. The zero-order valence-corrected chi connectivity index (χ0v) is 9.91. The van der Waals surface area contributed by atoms with Crippen molar-refractivity contribution in [2.75, 3.05) is 19.0 Å². The number of carbonyl (C=O) groups excluding carboxylic acids is 1. The van der Waals surface area contributed by atoms with Crippen LogP contribution in [0.5, 0.6) is 0 Å². The summed E-state index contributed by atoms with van der Waals surface area (Å²) >= 11 is 0. The largest absolute Gasteiger partial charge is 0.383 e. The Hall–Kier alpha value is -1.39. The van der Waals surface area contributed by atoms with E-state index in [1.807, 2.05) is 32.0 Å². The highest BCUT2D eigenvalue weighted by Crippen LogP contribution is 2.16. The van der Waals surface area contributed by atoms with Crippen molar-refractivity contribution in [3.63, 3.8) is 0 Å². The number of amides is 1. The number of nitrogens with two attached hydrogens (primary N) is 1. The Morgan fingerprint density at radius 1 is 1.50 bits per heavy atom. The quantitative estimate of drug-likeness (QED) is 0.805. The Bertz CT molecular complexity index is 377. The Labute approximate surface area is 95.8 Å². The first kappa shape index (κ1) is 12.7. The molecule has 0 fully saturated rings. The van der Waals surface area contributed by atoms with Gasteiger partial charge in [0.15, 0.2) is 0 Å². The summed E-state index contributed by atoms with van der Waals surface area (Å²) in [6, 6.07) is 5.25. The second-order valence-electron chi connectivity index (χ2n) is 3.87. The molecule has 1 unspecified atom stereocenters. The van der Waals surface area contributed by atoms with Gasteiger partial charge in [0.1, 0.15) is 6.04 Å². The van der Waals surface area contributed by atoms with E-state index < -0.39 is 6.04 Å². The Morgan fingerprint density at radius 2 is 2.19 bits per heavy atom. The molecule has 3 N–H and O–H groups in total. The second-order valence-corrected chi connectivity index (χ2v) is 3.87. The summed E-state index contributed by atoms with van der Waals surface area (Å²) in [5.74, 6) is -0.226. The summed E-state index contributed by atoms with van der Waals surface area (Å²) in [5, 5.41) is 2.79. The van der Waals surface area contributed by atoms with Crippen LogP contribution in [0.1, 0.15) is 11.1 Å². The molecule has 1 atom stereocenters. The second kappa shape index (κ2) is 5.63. The summed E-state index contributed by atoms with van der Waals surface area (Å²) < 4.78 is 4.83. The minimum atomic E-state index is -0.634. The summed E-state index contributed by atoms with van der Waals surface area (Å²) in [6.45, 7) is 4.14. The highest BCUT2D eigenvalue weighted by Gasteiger charge is 2.13.